The third kappa shape index (κ3) is 2.19. The van der Waals surface area contributed by atoms with Gasteiger partial charge in [0.25, 0.3) is 0 Å². The lowest BCUT2D eigenvalue weighted by atomic mass is 10.3. The van der Waals surface area contributed by atoms with Crippen LogP contribution in [0, 0.1) is 11.3 Å². The standard InChI is InChI=1S/C7H12N2O2S/c8-4-3-6-9-5-1-2-7-12(9,10)11/h1-3,5-7H2. The Kier molecular flexibility index (Phi) is 3.06. The zero-order valence-electron chi connectivity index (χ0n) is 6.86. The Morgan fingerprint density at radius 1 is 1.42 bits per heavy atom. The van der Waals surface area contributed by atoms with Crippen LogP contribution in [0.4, 0.5) is 0 Å². The molecule has 12 heavy (non-hydrogen) atoms. The summed E-state index contributed by atoms with van der Waals surface area (Å²) in [6.45, 7) is 0.947. The lowest BCUT2D eigenvalue weighted by Crippen LogP contribution is -2.38. The van der Waals surface area contributed by atoms with Gasteiger partial charge in [-0.25, -0.2) is 12.7 Å². The molecule has 0 N–H and O–H groups in total. The Balaban J connectivity index is 2.56. The van der Waals surface area contributed by atoms with Crippen molar-refractivity contribution in [2.75, 3.05) is 18.8 Å². The van der Waals surface area contributed by atoms with E-state index in [0.717, 1.165) is 12.8 Å². The zero-order chi connectivity index (χ0) is 9.03. The number of hydrogen-bond acceptors (Lipinski definition) is 3. The highest BCUT2D eigenvalue weighted by Crippen LogP contribution is 2.13. The summed E-state index contributed by atoms with van der Waals surface area (Å²) in [7, 11) is -3.01. The normalized spacial score (nSPS) is 23.2. The highest BCUT2D eigenvalue weighted by molar-refractivity contribution is 7.89. The van der Waals surface area contributed by atoms with E-state index in [-0.39, 0.29) is 5.75 Å². The summed E-state index contributed by atoms with van der Waals surface area (Å²) in [5.41, 5.74) is 0. The Bertz CT molecular complexity index is 278. The molecule has 0 unspecified atom stereocenters. The number of sulfonamides is 1. The minimum Gasteiger partial charge on any atom is -0.212 e. The molecule has 0 aromatic carbocycles. The van der Waals surface area contributed by atoms with E-state index >= 15 is 0 Å². The minimum absolute atomic E-state index is 0.248. The molecule has 5 heteroatoms. The third-order valence-corrected chi connectivity index (χ3v) is 3.88. The molecule has 68 valence electrons. The maximum Gasteiger partial charge on any atom is 0.214 e. The molecule has 1 saturated heterocycles. The predicted octanol–water partition coefficient (Wildman–Crippen LogP) is 0.326. The summed E-state index contributed by atoms with van der Waals surface area (Å²) in [5, 5.41) is 8.30. The highest BCUT2D eigenvalue weighted by Gasteiger charge is 2.24. The Hall–Kier alpha value is -0.600. The van der Waals surface area contributed by atoms with E-state index in [9.17, 15) is 8.42 Å². The Morgan fingerprint density at radius 2 is 2.17 bits per heavy atom. The monoisotopic (exact) mass is 188 g/mol. The molecule has 0 spiro atoms. The van der Waals surface area contributed by atoms with Crippen LogP contribution in [0.1, 0.15) is 19.3 Å². The smallest absolute Gasteiger partial charge is 0.212 e. The van der Waals surface area contributed by atoms with Crippen LogP contribution in [-0.2, 0) is 10.0 Å². The second-order valence-electron chi connectivity index (χ2n) is 2.83. The fourth-order valence-corrected chi connectivity index (χ4v) is 2.87. The van der Waals surface area contributed by atoms with E-state index in [0.29, 0.717) is 19.5 Å². The van der Waals surface area contributed by atoms with Gasteiger partial charge in [0.2, 0.25) is 10.0 Å². The van der Waals surface area contributed by atoms with Crippen molar-refractivity contribution in [3.8, 4) is 6.07 Å². The van der Waals surface area contributed by atoms with Crippen LogP contribution in [0.25, 0.3) is 0 Å². The molecule has 0 bridgehead atoms. The first kappa shape index (κ1) is 9.49. The van der Waals surface area contributed by atoms with Crippen LogP contribution in [0.5, 0.6) is 0 Å². The first-order chi connectivity index (χ1) is 5.67. The van der Waals surface area contributed by atoms with Crippen molar-refractivity contribution >= 4 is 10.0 Å². The van der Waals surface area contributed by atoms with Gasteiger partial charge in [-0.15, -0.1) is 0 Å². The van der Waals surface area contributed by atoms with E-state index in [1.54, 1.807) is 0 Å². The van der Waals surface area contributed by atoms with Crippen molar-refractivity contribution in [3.63, 3.8) is 0 Å². The van der Waals surface area contributed by atoms with Crippen LogP contribution in [0.2, 0.25) is 0 Å². The first-order valence-electron chi connectivity index (χ1n) is 4.01. The van der Waals surface area contributed by atoms with Crippen molar-refractivity contribution in [1.29, 1.82) is 5.26 Å². The molecule has 0 aliphatic carbocycles. The lowest BCUT2D eigenvalue weighted by molar-refractivity contribution is 0.389. The fraction of sp³-hybridized carbons (Fsp3) is 0.857. The van der Waals surface area contributed by atoms with Crippen LogP contribution >= 0.6 is 0 Å². The molecular formula is C7H12N2O2S. The van der Waals surface area contributed by atoms with Crippen molar-refractivity contribution in [2.24, 2.45) is 0 Å². The molecule has 4 nitrogen and oxygen atoms in total. The van der Waals surface area contributed by atoms with Gasteiger partial charge in [-0.3, -0.25) is 0 Å². The van der Waals surface area contributed by atoms with Crippen LogP contribution in [-0.4, -0.2) is 31.6 Å². The summed E-state index contributed by atoms with van der Waals surface area (Å²) in [6, 6.07) is 1.95. The van der Waals surface area contributed by atoms with Crippen molar-refractivity contribution in [3.05, 3.63) is 0 Å². The molecule has 1 aliphatic rings. The number of nitriles is 1. The summed E-state index contributed by atoms with van der Waals surface area (Å²) in [6.07, 6.45) is 1.97. The average Bonchev–Trinajstić information content (AvgIpc) is 2.02. The Labute approximate surface area is 72.8 Å². The van der Waals surface area contributed by atoms with Gasteiger partial charge in [-0.2, -0.15) is 5.26 Å². The van der Waals surface area contributed by atoms with Gasteiger partial charge in [-0.1, -0.05) is 0 Å². The number of nitrogens with zero attached hydrogens (tertiary/aromatic N) is 2. The van der Waals surface area contributed by atoms with E-state index in [1.165, 1.54) is 4.31 Å². The number of hydrogen-bond donors (Lipinski definition) is 0. The van der Waals surface area contributed by atoms with E-state index in [2.05, 4.69) is 0 Å². The molecule has 0 aromatic rings. The lowest BCUT2D eigenvalue weighted by Gasteiger charge is -2.24. The van der Waals surface area contributed by atoms with E-state index in [1.807, 2.05) is 6.07 Å². The summed E-state index contributed by atoms with van der Waals surface area (Å²) >= 11 is 0. The molecule has 1 aliphatic heterocycles. The fourth-order valence-electron chi connectivity index (χ4n) is 1.27. The molecular weight excluding hydrogens is 176 g/mol. The molecule has 1 fully saturated rings. The van der Waals surface area contributed by atoms with Crippen molar-refractivity contribution < 1.29 is 8.42 Å². The molecule has 0 aromatic heterocycles. The van der Waals surface area contributed by atoms with E-state index in [4.69, 9.17) is 5.26 Å². The van der Waals surface area contributed by atoms with Gasteiger partial charge >= 0.3 is 0 Å². The average molecular weight is 188 g/mol. The maximum absolute atomic E-state index is 11.3. The predicted molar refractivity (Wildman–Crippen MR) is 44.8 cm³/mol. The summed E-state index contributed by atoms with van der Waals surface area (Å²) in [5.74, 6) is 0.248. The second kappa shape index (κ2) is 3.87. The summed E-state index contributed by atoms with van der Waals surface area (Å²) in [4.78, 5) is 0. The molecule has 0 saturated carbocycles. The largest absolute Gasteiger partial charge is 0.214 e. The molecule has 0 atom stereocenters. The maximum atomic E-state index is 11.3. The van der Waals surface area contributed by atoms with Gasteiger partial charge in [0.05, 0.1) is 11.8 Å². The van der Waals surface area contributed by atoms with E-state index < -0.39 is 10.0 Å². The van der Waals surface area contributed by atoms with Gasteiger partial charge in [0, 0.05) is 19.5 Å². The SMILES string of the molecule is N#CCCN1CCCCS1(=O)=O. The minimum atomic E-state index is -3.01. The topological polar surface area (TPSA) is 61.2 Å². The third-order valence-electron chi connectivity index (χ3n) is 1.93. The van der Waals surface area contributed by atoms with Gasteiger partial charge in [0.15, 0.2) is 0 Å². The van der Waals surface area contributed by atoms with Crippen LogP contribution < -0.4 is 0 Å². The van der Waals surface area contributed by atoms with Gasteiger partial charge in [0.1, 0.15) is 0 Å². The summed E-state index contributed by atoms with van der Waals surface area (Å²) < 4.78 is 24.0. The second-order valence-corrected chi connectivity index (χ2v) is 4.92. The Morgan fingerprint density at radius 3 is 2.75 bits per heavy atom. The van der Waals surface area contributed by atoms with Crippen LogP contribution in [0.3, 0.4) is 0 Å². The molecule has 1 heterocycles. The van der Waals surface area contributed by atoms with Crippen molar-refractivity contribution in [2.45, 2.75) is 19.3 Å². The van der Waals surface area contributed by atoms with Gasteiger partial charge < -0.3 is 0 Å². The van der Waals surface area contributed by atoms with Crippen molar-refractivity contribution in [1.82, 2.24) is 4.31 Å². The highest BCUT2D eigenvalue weighted by atomic mass is 32.2. The zero-order valence-corrected chi connectivity index (χ0v) is 7.68. The van der Waals surface area contributed by atoms with Crippen LogP contribution in [0.15, 0.2) is 0 Å². The first-order valence-corrected chi connectivity index (χ1v) is 5.62. The number of rotatable bonds is 2. The molecule has 0 amide bonds. The van der Waals surface area contributed by atoms with Gasteiger partial charge in [-0.05, 0) is 12.8 Å². The molecule has 0 radical (unpaired) electrons. The quantitative estimate of drug-likeness (QED) is 0.627. The molecule has 1 rings (SSSR count).